The van der Waals surface area contributed by atoms with Gasteiger partial charge in [0.15, 0.2) is 5.82 Å². The van der Waals surface area contributed by atoms with E-state index in [9.17, 15) is 0 Å². The molecule has 0 amide bonds. The predicted octanol–water partition coefficient (Wildman–Crippen LogP) is 4.43. The topological polar surface area (TPSA) is 51.0 Å². The van der Waals surface area contributed by atoms with Crippen molar-refractivity contribution < 1.29 is 4.52 Å². The molecule has 2 unspecified atom stereocenters. The summed E-state index contributed by atoms with van der Waals surface area (Å²) in [7, 11) is 0. The largest absolute Gasteiger partial charge is 0.382 e. The van der Waals surface area contributed by atoms with E-state index >= 15 is 0 Å². The van der Waals surface area contributed by atoms with Crippen LogP contribution < -0.4 is 5.32 Å². The quantitative estimate of drug-likeness (QED) is 0.848. The number of nitrogens with zero attached hydrogens (tertiary/aromatic N) is 2. The Morgan fingerprint density at radius 2 is 2.00 bits per heavy atom. The molecule has 0 aliphatic heterocycles. The number of aryl methyl sites for hydroxylation is 1. The first-order valence-corrected chi connectivity index (χ1v) is 7.88. The normalized spacial score (nSPS) is 22.8. The zero-order chi connectivity index (χ0) is 14.7. The van der Waals surface area contributed by atoms with Gasteiger partial charge in [-0.3, -0.25) is 0 Å². The molecule has 2 atom stereocenters. The van der Waals surface area contributed by atoms with Crippen molar-refractivity contribution in [3.8, 4) is 11.5 Å². The number of rotatable bonds is 3. The minimum atomic E-state index is 0.542. The molecule has 1 aliphatic rings. The Kier molecular flexibility index (Phi) is 4.23. The molecule has 2 aromatic rings. The van der Waals surface area contributed by atoms with Crippen LogP contribution in [0.2, 0.25) is 0 Å². The molecule has 1 N–H and O–H groups in total. The monoisotopic (exact) mass is 285 g/mol. The van der Waals surface area contributed by atoms with Crippen molar-refractivity contribution >= 4 is 5.69 Å². The number of benzene rings is 1. The van der Waals surface area contributed by atoms with Crippen molar-refractivity contribution in [2.75, 3.05) is 5.32 Å². The number of anilines is 1. The van der Waals surface area contributed by atoms with Crippen LogP contribution in [0.1, 0.15) is 44.9 Å². The first kappa shape index (κ1) is 14.1. The molecule has 1 aromatic carbocycles. The van der Waals surface area contributed by atoms with Crippen molar-refractivity contribution in [1.82, 2.24) is 10.1 Å². The van der Waals surface area contributed by atoms with E-state index < -0.39 is 0 Å². The van der Waals surface area contributed by atoms with Crippen LogP contribution in [0.3, 0.4) is 0 Å². The molecule has 3 rings (SSSR count). The van der Waals surface area contributed by atoms with Crippen molar-refractivity contribution in [2.24, 2.45) is 5.92 Å². The minimum Gasteiger partial charge on any atom is -0.382 e. The maximum absolute atomic E-state index is 5.32. The molecule has 1 heterocycles. The smallest absolute Gasteiger partial charge is 0.260 e. The lowest BCUT2D eigenvalue weighted by atomic mass is 10.0. The SMILES string of the molecule is Cc1noc(-c2ccccc2NC2CCCC(C)CC2)n1. The molecule has 1 aliphatic carbocycles. The van der Waals surface area contributed by atoms with E-state index in [-0.39, 0.29) is 0 Å². The molecule has 112 valence electrons. The summed E-state index contributed by atoms with van der Waals surface area (Å²) in [6.07, 6.45) is 6.43. The predicted molar refractivity (Wildman–Crippen MR) is 84.1 cm³/mol. The summed E-state index contributed by atoms with van der Waals surface area (Å²) in [6, 6.07) is 8.74. The van der Waals surface area contributed by atoms with E-state index in [1.807, 2.05) is 25.1 Å². The van der Waals surface area contributed by atoms with Gasteiger partial charge < -0.3 is 9.84 Å². The van der Waals surface area contributed by atoms with Gasteiger partial charge in [-0.15, -0.1) is 0 Å². The van der Waals surface area contributed by atoms with Gasteiger partial charge >= 0.3 is 0 Å². The Hall–Kier alpha value is -1.84. The Morgan fingerprint density at radius 1 is 1.14 bits per heavy atom. The first-order chi connectivity index (χ1) is 10.2. The summed E-state index contributed by atoms with van der Waals surface area (Å²) >= 11 is 0. The van der Waals surface area contributed by atoms with Crippen LogP contribution in [0.4, 0.5) is 5.69 Å². The lowest BCUT2D eigenvalue weighted by molar-refractivity contribution is 0.425. The van der Waals surface area contributed by atoms with Crippen LogP contribution in [0.5, 0.6) is 0 Å². The molecule has 21 heavy (non-hydrogen) atoms. The van der Waals surface area contributed by atoms with Gasteiger partial charge in [0, 0.05) is 11.7 Å². The summed E-state index contributed by atoms with van der Waals surface area (Å²) in [5, 5.41) is 7.58. The average molecular weight is 285 g/mol. The van der Waals surface area contributed by atoms with Gasteiger partial charge in [-0.25, -0.2) is 0 Å². The van der Waals surface area contributed by atoms with Gasteiger partial charge in [0.25, 0.3) is 5.89 Å². The molecular weight excluding hydrogens is 262 g/mol. The fraction of sp³-hybridized carbons (Fsp3) is 0.529. The fourth-order valence-corrected chi connectivity index (χ4v) is 3.05. The maximum Gasteiger partial charge on any atom is 0.260 e. The lowest BCUT2D eigenvalue weighted by Crippen LogP contribution is -2.18. The van der Waals surface area contributed by atoms with Crippen molar-refractivity contribution in [3.63, 3.8) is 0 Å². The second-order valence-electron chi connectivity index (χ2n) is 6.15. The Bertz CT molecular complexity index is 593. The van der Waals surface area contributed by atoms with E-state index in [0.717, 1.165) is 17.2 Å². The molecule has 4 nitrogen and oxygen atoms in total. The van der Waals surface area contributed by atoms with Crippen LogP contribution in [0.15, 0.2) is 28.8 Å². The van der Waals surface area contributed by atoms with E-state index in [1.165, 1.54) is 32.1 Å². The molecular formula is C17H23N3O. The highest BCUT2D eigenvalue weighted by Crippen LogP contribution is 2.30. The molecule has 0 radical (unpaired) electrons. The second kappa shape index (κ2) is 6.29. The number of hydrogen-bond acceptors (Lipinski definition) is 4. The molecule has 0 bridgehead atoms. The average Bonchev–Trinajstić information content (AvgIpc) is 2.81. The maximum atomic E-state index is 5.32. The van der Waals surface area contributed by atoms with Crippen molar-refractivity contribution in [2.45, 2.75) is 52.0 Å². The van der Waals surface area contributed by atoms with E-state index in [0.29, 0.717) is 17.8 Å². The lowest BCUT2D eigenvalue weighted by Gasteiger charge is -2.19. The van der Waals surface area contributed by atoms with Crippen LogP contribution in [-0.4, -0.2) is 16.2 Å². The summed E-state index contributed by atoms with van der Waals surface area (Å²) in [4.78, 5) is 4.35. The van der Waals surface area contributed by atoms with Crippen molar-refractivity contribution in [1.29, 1.82) is 0 Å². The molecule has 4 heteroatoms. The number of nitrogens with one attached hydrogen (secondary N) is 1. The summed E-state index contributed by atoms with van der Waals surface area (Å²) < 4.78 is 5.32. The van der Waals surface area contributed by atoms with Gasteiger partial charge in [0.2, 0.25) is 0 Å². The third-order valence-electron chi connectivity index (χ3n) is 4.30. The Morgan fingerprint density at radius 3 is 2.81 bits per heavy atom. The van der Waals surface area contributed by atoms with Crippen LogP contribution in [-0.2, 0) is 0 Å². The van der Waals surface area contributed by atoms with Crippen LogP contribution in [0, 0.1) is 12.8 Å². The summed E-state index contributed by atoms with van der Waals surface area (Å²) in [5.41, 5.74) is 2.09. The molecule has 0 saturated heterocycles. The fourth-order valence-electron chi connectivity index (χ4n) is 3.05. The number of para-hydroxylation sites is 1. The summed E-state index contributed by atoms with van der Waals surface area (Å²) in [6.45, 7) is 4.20. The minimum absolute atomic E-state index is 0.542. The third kappa shape index (κ3) is 3.43. The summed E-state index contributed by atoms with van der Waals surface area (Å²) in [5.74, 6) is 2.12. The molecule has 0 spiro atoms. The standard InChI is InChI=1S/C17H23N3O/c1-12-6-5-7-14(11-10-12)19-16-9-4-3-8-15(16)17-18-13(2)20-21-17/h3-4,8-9,12,14,19H,5-7,10-11H2,1-2H3. The molecule has 1 fully saturated rings. The van der Waals surface area contributed by atoms with Crippen molar-refractivity contribution in [3.05, 3.63) is 30.1 Å². The zero-order valence-corrected chi connectivity index (χ0v) is 12.8. The second-order valence-corrected chi connectivity index (χ2v) is 6.15. The van der Waals surface area contributed by atoms with E-state index in [2.05, 4.69) is 28.4 Å². The first-order valence-electron chi connectivity index (χ1n) is 7.88. The van der Waals surface area contributed by atoms with E-state index in [4.69, 9.17) is 4.52 Å². The highest BCUT2D eigenvalue weighted by molar-refractivity contribution is 5.72. The number of aromatic nitrogens is 2. The van der Waals surface area contributed by atoms with Gasteiger partial charge in [-0.2, -0.15) is 4.98 Å². The Labute approximate surface area is 126 Å². The number of hydrogen-bond donors (Lipinski definition) is 1. The Balaban J connectivity index is 1.79. The van der Waals surface area contributed by atoms with Crippen LogP contribution in [0.25, 0.3) is 11.5 Å². The van der Waals surface area contributed by atoms with Crippen LogP contribution >= 0.6 is 0 Å². The van der Waals surface area contributed by atoms with Gasteiger partial charge in [0.1, 0.15) is 0 Å². The van der Waals surface area contributed by atoms with Gasteiger partial charge in [-0.05, 0) is 44.2 Å². The van der Waals surface area contributed by atoms with Gasteiger partial charge in [-0.1, -0.05) is 37.1 Å². The zero-order valence-electron chi connectivity index (χ0n) is 12.8. The van der Waals surface area contributed by atoms with Gasteiger partial charge in [0.05, 0.1) is 5.56 Å². The third-order valence-corrected chi connectivity index (χ3v) is 4.30. The molecule has 1 saturated carbocycles. The highest BCUT2D eigenvalue weighted by atomic mass is 16.5. The highest BCUT2D eigenvalue weighted by Gasteiger charge is 2.18. The van der Waals surface area contributed by atoms with E-state index in [1.54, 1.807) is 0 Å². The molecule has 1 aromatic heterocycles.